The van der Waals surface area contributed by atoms with Gasteiger partial charge in [-0.3, -0.25) is 14.7 Å². The van der Waals surface area contributed by atoms with E-state index in [1.165, 1.54) is 6.26 Å². The lowest BCUT2D eigenvalue weighted by Crippen LogP contribution is -2.28. The maximum absolute atomic E-state index is 12.1. The number of aromatic amines is 1. The number of furan rings is 1. The molecule has 5 nitrogen and oxygen atoms in total. The molecule has 0 atom stereocenters. The van der Waals surface area contributed by atoms with Crippen molar-refractivity contribution in [2.24, 2.45) is 0 Å². The van der Waals surface area contributed by atoms with Crippen LogP contribution in [0, 0.1) is 0 Å². The van der Waals surface area contributed by atoms with Crippen molar-refractivity contribution < 1.29 is 4.42 Å². The Kier molecular flexibility index (Phi) is 1.98. The molecular weight excluding hydrogens is 220 g/mol. The summed E-state index contributed by atoms with van der Waals surface area (Å²) in [6.45, 7) is 0. The van der Waals surface area contributed by atoms with Crippen LogP contribution in [-0.2, 0) is 0 Å². The van der Waals surface area contributed by atoms with Gasteiger partial charge in [0, 0.05) is 6.07 Å². The third-order valence-electron chi connectivity index (χ3n) is 2.55. The first kappa shape index (κ1) is 9.65. The molecule has 17 heavy (non-hydrogen) atoms. The topological polar surface area (TPSA) is 68.0 Å². The number of benzene rings is 1. The Labute approximate surface area is 94.9 Å². The standard InChI is InChI=1S/C12H8N2O3/c15-11-8-4-1-2-5-9(8)12(16)14(13-11)10-6-3-7-17-10/h1-7H,(H,13,15). The molecule has 0 radical (unpaired) electrons. The van der Waals surface area contributed by atoms with Crippen molar-refractivity contribution in [2.45, 2.75) is 0 Å². The number of nitrogens with zero attached hydrogens (tertiary/aromatic N) is 1. The molecule has 0 aliphatic heterocycles. The Balaban J connectivity index is 2.48. The van der Waals surface area contributed by atoms with Crippen LogP contribution >= 0.6 is 0 Å². The van der Waals surface area contributed by atoms with E-state index in [0.717, 1.165) is 4.68 Å². The average Bonchev–Trinajstić information content (AvgIpc) is 2.87. The molecule has 2 aromatic heterocycles. The van der Waals surface area contributed by atoms with E-state index in [4.69, 9.17) is 4.42 Å². The zero-order valence-corrected chi connectivity index (χ0v) is 8.71. The Morgan fingerprint density at radius 1 is 1.00 bits per heavy atom. The molecular formula is C12H8N2O3. The number of rotatable bonds is 1. The van der Waals surface area contributed by atoms with Crippen molar-refractivity contribution in [1.29, 1.82) is 0 Å². The second-order valence-electron chi connectivity index (χ2n) is 3.58. The molecule has 1 aromatic carbocycles. The number of aromatic nitrogens is 2. The summed E-state index contributed by atoms with van der Waals surface area (Å²) in [5.74, 6) is 0.290. The molecule has 5 heteroatoms. The molecule has 0 spiro atoms. The highest BCUT2D eigenvalue weighted by Gasteiger charge is 2.08. The fraction of sp³-hybridized carbons (Fsp3) is 0. The van der Waals surface area contributed by atoms with Crippen molar-refractivity contribution in [1.82, 2.24) is 9.78 Å². The van der Waals surface area contributed by atoms with Gasteiger partial charge >= 0.3 is 0 Å². The summed E-state index contributed by atoms with van der Waals surface area (Å²) in [6, 6.07) is 9.92. The quantitative estimate of drug-likeness (QED) is 0.682. The average molecular weight is 228 g/mol. The first-order valence-electron chi connectivity index (χ1n) is 5.05. The summed E-state index contributed by atoms with van der Waals surface area (Å²) in [5.41, 5.74) is -0.633. The van der Waals surface area contributed by atoms with Gasteiger partial charge in [-0.2, -0.15) is 4.68 Å². The third kappa shape index (κ3) is 1.40. The van der Waals surface area contributed by atoms with Crippen molar-refractivity contribution in [2.75, 3.05) is 0 Å². The van der Waals surface area contributed by atoms with Crippen LogP contribution in [0.15, 0.2) is 56.7 Å². The third-order valence-corrected chi connectivity index (χ3v) is 2.55. The minimum atomic E-state index is -0.323. The van der Waals surface area contributed by atoms with E-state index in [-0.39, 0.29) is 17.0 Å². The highest BCUT2D eigenvalue weighted by atomic mass is 16.3. The Hall–Kier alpha value is -2.56. The molecule has 0 amide bonds. The van der Waals surface area contributed by atoms with E-state index in [1.807, 2.05) is 0 Å². The van der Waals surface area contributed by atoms with Gasteiger partial charge in [0.05, 0.1) is 17.0 Å². The Bertz CT molecular complexity index is 781. The van der Waals surface area contributed by atoms with Crippen molar-refractivity contribution in [3.8, 4) is 5.88 Å². The number of fused-ring (bicyclic) bond motifs is 1. The van der Waals surface area contributed by atoms with Crippen LogP contribution in [0.25, 0.3) is 16.7 Å². The van der Waals surface area contributed by atoms with Crippen LogP contribution in [-0.4, -0.2) is 9.78 Å². The first-order valence-corrected chi connectivity index (χ1v) is 5.05. The van der Waals surface area contributed by atoms with Gasteiger partial charge in [-0.25, -0.2) is 0 Å². The summed E-state index contributed by atoms with van der Waals surface area (Å²) in [4.78, 5) is 23.9. The smallest absolute Gasteiger partial charge is 0.280 e. The van der Waals surface area contributed by atoms with Gasteiger partial charge in [-0.1, -0.05) is 12.1 Å². The zero-order chi connectivity index (χ0) is 11.8. The molecule has 0 aliphatic rings. The fourth-order valence-electron chi connectivity index (χ4n) is 1.75. The summed E-state index contributed by atoms with van der Waals surface area (Å²) < 4.78 is 6.20. The van der Waals surface area contributed by atoms with Crippen LogP contribution in [0.2, 0.25) is 0 Å². The monoisotopic (exact) mass is 228 g/mol. The van der Waals surface area contributed by atoms with Crippen LogP contribution in [0.3, 0.4) is 0 Å². The van der Waals surface area contributed by atoms with E-state index >= 15 is 0 Å². The summed E-state index contributed by atoms with van der Waals surface area (Å²) in [7, 11) is 0. The van der Waals surface area contributed by atoms with Gasteiger partial charge < -0.3 is 4.42 Å². The second kappa shape index (κ2) is 3.48. The Morgan fingerprint density at radius 3 is 2.47 bits per heavy atom. The van der Waals surface area contributed by atoms with Crippen LogP contribution in [0.4, 0.5) is 0 Å². The summed E-state index contributed by atoms with van der Waals surface area (Å²) >= 11 is 0. The molecule has 1 N–H and O–H groups in total. The van der Waals surface area contributed by atoms with Crippen LogP contribution < -0.4 is 11.1 Å². The lowest BCUT2D eigenvalue weighted by molar-refractivity contribution is 0.513. The minimum Gasteiger partial charge on any atom is -0.447 e. The van der Waals surface area contributed by atoms with E-state index < -0.39 is 0 Å². The number of nitrogens with one attached hydrogen (secondary N) is 1. The largest absolute Gasteiger partial charge is 0.447 e. The van der Waals surface area contributed by atoms with E-state index in [0.29, 0.717) is 10.8 Å². The first-order chi connectivity index (χ1) is 8.27. The molecule has 0 unspecified atom stereocenters. The van der Waals surface area contributed by atoms with Gasteiger partial charge in [0.2, 0.25) is 5.88 Å². The second-order valence-corrected chi connectivity index (χ2v) is 3.58. The predicted molar refractivity (Wildman–Crippen MR) is 62.4 cm³/mol. The van der Waals surface area contributed by atoms with Crippen LogP contribution in [0.1, 0.15) is 0 Å². The van der Waals surface area contributed by atoms with E-state index in [1.54, 1.807) is 36.4 Å². The van der Waals surface area contributed by atoms with Crippen LogP contribution in [0.5, 0.6) is 0 Å². The number of hydrogen-bond acceptors (Lipinski definition) is 3. The highest BCUT2D eigenvalue weighted by molar-refractivity contribution is 5.80. The summed E-state index contributed by atoms with van der Waals surface area (Å²) in [5, 5.41) is 3.22. The lowest BCUT2D eigenvalue weighted by Gasteiger charge is -2.02. The fourth-order valence-corrected chi connectivity index (χ4v) is 1.75. The molecule has 0 saturated heterocycles. The van der Waals surface area contributed by atoms with Gasteiger partial charge in [0.25, 0.3) is 11.1 Å². The molecule has 0 aliphatic carbocycles. The van der Waals surface area contributed by atoms with Gasteiger partial charge in [0.1, 0.15) is 0 Å². The zero-order valence-electron chi connectivity index (χ0n) is 8.71. The molecule has 3 aromatic rings. The van der Waals surface area contributed by atoms with Gasteiger partial charge in [0.15, 0.2) is 0 Å². The minimum absolute atomic E-state index is 0.290. The van der Waals surface area contributed by atoms with Crippen molar-refractivity contribution >= 4 is 10.8 Å². The summed E-state index contributed by atoms with van der Waals surface area (Å²) in [6.07, 6.45) is 1.44. The van der Waals surface area contributed by atoms with Gasteiger partial charge in [-0.15, -0.1) is 0 Å². The maximum atomic E-state index is 12.1. The molecule has 0 saturated carbocycles. The van der Waals surface area contributed by atoms with Gasteiger partial charge in [-0.05, 0) is 18.2 Å². The predicted octanol–water partition coefficient (Wildman–Crippen LogP) is 1.27. The molecule has 0 bridgehead atoms. The maximum Gasteiger partial charge on any atom is 0.280 e. The normalized spacial score (nSPS) is 10.8. The Morgan fingerprint density at radius 2 is 1.76 bits per heavy atom. The number of hydrogen-bond donors (Lipinski definition) is 1. The molecule has 2 heterocycles. The lowest BCUT2D eigenvalue weighted by atomic mass is 10.2. The van der Waals surface area contributed by atoms with E-state index in [9.17, 15) is 9.59 Å². The molecule has 84 valence electrons. The molecule has 3 rings (SSSR count). The number of H-pyrrole nitrogens is 1. The van der Waals surface area contributed by atoms with Crippen molar-refractivity contribution in [3.63, 3.8) is 0 Å². The van der Waals surface area contributed by atoms with E-state index in [2.05, 4.69) is 5.10 Å². The van der Waals surface area contributed by atoms with Crippen molar-refractivity contribution in [3.05, 3.63) is 63.4 Å². The molecule has 0 fully saturated rings. The SMILES string of the molecule is O=c1[nH]n(-c2ccco2)c(=O)c2ccccc12. The highest BCUT2D eigenvalue weighted by Crippen LogP contribution is 2.06.